The van der Waals surface area contributed by atoms with Gasteiger partial charge in [-0.15, -0.1) is 0 Å². The van der Waals surface area contributed by atoms with Crippen LogP contribution in [0.15, 0.2) is 72.9 Å². The Morgan fingerprint density at radius 2 is 0.838 bits per heavy atom. The molecule has 0 N–H and O–H groups in total. The molecule has 9 nitrogen and oxygen atoms in total. The molecule has 0 aromatic carbocycles. The van der Waals surface area contributed by atoms with Crippen molar-refractivity contribution < 1.29 is 42.1 Å². The first kappa shape index (κ1) is 65.5. The molecule has 0 aliphatic heterocycles. The summed E-state index contributed by atoms with van der Waals surface area (Å²) < 4.78 is 34.1. The Kier molecular flexibility index (Phi) is 47.6. The lowest BCUT2D eigenvalue weighted by molar-refractivity contribution is -0.870. The van der Waals surface area contributed by atoms with Crippen molar-refractivity contribution in [2.24, 2.45) is 0 Å². The van der Waals surface area contributed by atoms with E-state index in [1.165, 1.54) is 128 Å². The van der Waals surface area contributed by atoms with Crippen LogP contribution in [0, 0.1) is 0 Å². The summed E-state index contributed by atoms with van der Waals surface area (Å²) in [6.07, 6.45) is 63.8. The molecule has 68 heavy (non-hydrogen) atoms. The minimum Gasteiger partial charge on any atom is -0.756 e. The number of nitrogens with zero attached hydrogens (tertiary/aromatic N) is 1. The molecule has 0 radical (unpaired) electrons. The van der Waals surface area contributed by atoms with Crippen molar-refractivity contribution in [1.82, 2.24) is 0 Å². The van der Waals surface area contributed by atoms with Gasteiger partial charge in [0.1, 0.15) is 19.8 Å². The van der Waals surface area contributed by atoms with Gasteiger partial charge in [-0.25, -0.2) is 0 Å². The number of unbranched alkanes of at least 4 members (excludes halogenated alkanes) is 24. The van der Waals surface area contributed by atoms with Crippen molar-refractivity contribution in [3.8, 4) is 0 Å². The molecular weight excluding hydrogens is 870 g/mol. The van der Waals surface area contributed by atoms with Gasteiger partial charge in [-0.1, -0.05) is 209 Å². The number of hydrogen-bond acceptors (Lipinski definition) is 8. The molecule has 0 amide bonds. The predicted molar refractivity (Wildman–Crippen MR) is 286 cm³/mol. The number of rotatable bonds is 50. The molecular formula is C58H104NO8P. The van der Waals surface area contributed by atoms with Crippen LogP contribution in [0.1, 0.15) is 232 Å². The number of carbonyl (C=O) groups is 2. The van der Waals surface area contributed by atoms with Gasteiger partial charge in [0, 0.05) is 12.8 Å². The Balaban J connectivity index is 4.22. The smallest absolute Gasteiger partial charge is 0.306 e. The highest BCUT2D eigenvalue weighted by atomic mass is 31.2. The van der Waals surface area contributed by atoms with Crippen molar-refractivity contribution in [3.63, 3.8) is 0 Å². The van der Waals surface area contributed by atoms with Crippen LogP contribution in [0.25, 0.3) is 0 Å². The molecule has 0 saturated heterocycles. The van der Waals surface area contributed by atoms with E-state index in [4.69, 9.17) is 18.5 Å². The van der Waals surface area contributed by atoms with Gasteiger partial charge < -0.3 is 27.9 Å². The third-order valence-corrected chi connectivity index (χ3v) is 12.7. The van der Waals surface area contributed by atoms with Gasteiger partial charge in [-0.05, 0) is 83.5 Å². The maximum atomic E-state index is 12.7. The molecule has 0 heterocycles. The van der Waals surface area contributed by atoms with E-state index < -0.39 is 32.5 Å². The molecule has 0 aliphatic carbocycles. The summed E-state index contributed by atoms with van der Waals surface area (Å²) in [4.78, 5) is 37.8. The first-order valence-corrected chi connectivity index (χ1v) is 29.1. The van der Waals surface area contributed by atoms with E-state index in [-0.39, 0.29) is 26.1 Å². The fourth-order valence-corrected chi connectivity index (χ4v) is 8.17. The number of phosphoric acid groups is 1. The number of allylic oxidation sites excluding steroid dienone is 12. The third kappa shape index (κ3) is 52.8. The van der Waals surface area contributed by atoms with Crippen LogP contribution < -0.4 is 4.89 Å². The summed E-state index contributed by atoms with van der Waals surface area (Å²) in [6, 6.07) is 0. The van der Waals surface area contributed by atoms with Crippen LogP contribution in [0.3, 0.4) is 0 Å². The van der Waals surface area contributed by atoms with Gasteiger partial charge >= 0.3 is 11.9 Å². The molecule has 0 fully saturated rings. The van der Waals surface area contributed by atoms with E-state index in [1.54, 1.807) is 0 Å². The van der Waals surface area contributed by atoms with Gasteiger partial charge in [0.25, 0.3) is 7.82 Å². The van der Waals surface area contributed by atoms with E-state index in [2.05, 4.69) is 86.8 Å². The summed E-state index contributed by atoms with van der Waals surface area (Å²) in [6.45, 7) is 4.09. The molecule has 0 aromatic rings. The number of carbonyl (C=O) groups excluding carboxylic acids is 2. The van der Waals surface area contributed by atoms with E-state index in [1.807, 2.05) is 21.1 Å². The molecule has 2 atom stereocenters. The Hall–Kier alpha value is -2.55. The third-order valence-electron chi connectivity index (χ3n) is 11.7. The topological polar surface area (TPSA) is 111 Å². The van der Waals surface area contributed by atoms with Crippen LogP contribution in [0.5, 0.6) is 0 Å². The summed E-state index contributed by atoms with van der Waals surface area (Å²) in [5, 5.41) is 0. The van der Waals surface area contributed by atoms with Gasteiger partial charge in [0.15, 0.2) is 6.10 Å². The zero-order chi connectivity index (χ0) is 49.9. The fraction of sp³-hybridized carbons (Fsp3) is 0.759. The number of likely N-dealkylation sites (N-methyl/N-ethyl adjacent to an activating group) is 1. The van der Waals surface area contributed by atoms with E-state index in [0.29, 0.717) is 17.4 Å². The Morgan fingerprint density at radius 3 is 1.28 bits per heavy atom. The summed E-state index contributed by atoms with van der Waals surface area (Å²) >= 11 is 0. The first-order chi connectivity index (χ1) is 33.0. The molecule has 0 saturated carbocycles. The maximum absolute atomic E-state index is 12.7. The standard InChI is InChI=1S/C58H104NO8P/c1-6-8-10-12-14-16-18-20-22-24-26-27-28-29-30-31-33-34-36-38-40-42-44-46-48-50-57(60)64-54-56(55-66-68(62,63)65-53-52-59(3,4)5)67-58(61)51-49-47-45-43-41-39-37-35-32-25-23-21-19-17-15-13-11-9-7-2/h9,11,15,17,21,23-24,26,32,35,39,41,56H,6-8,10,12-14,16,18-20,22,25,27-31,33-34,36-38,40,42-55H2,1-5H3/b11-9-,17-15-,23-21-,26-24-,35-32-,41-39-. The molecule has 0 spiro atoms. The minimum atomic E-state index is -4.65. The summed E-state index contributed by atoms with van der Waals surface area (Å²) in [7, 11) is 1.14. The maximum Gasteiger partial charge on any atom is 0.306 e. The van der Waals surface area contributed by atoms with Crippen LogP contribution in [0.4, 0.5) is 0 Å². The number of ether oxygens (including phenoxy) is 2. The van der Waals surface area contributed by atoms with Crippen molar-refractivity contribution in [2.45, 2.75) is 238 Å². The molecule has 2 unspecified atom stereocenters. The van der Waals surface area contributed by atoms with E-state index >= 15 is 0 Å². The monoisotopic (exact) mass is 974 g/mol. The average Bonchev–Trinajstić information content (AvgIpc) is 3.30. The lowest BCUT2D eigenvalue weighted by atomic mass is 10.0. The minimum absolute atomic E-state index is 0.0403. The Labute approximate surface area is 418 Å². The first-order valence-electron chi connectivity index (χ1n) is 27.6. The highest BCUT2D eigenvalue weighted by molar-refractivity contribution is 7.45. The Bertz CT molecular complexity index is 1380. The second kappa shape index (κ2) is 49.4. The highest BCUT2D eigenvalue weighted by Gasteiger charge is 2.21. The normalized spacial score (nSPS) is 13.9. The lowest BCUT2D eigenvalue weighted by Gasteiger charge is -2.28. The lowest BCUT2D eigenvalue weighted by Crippen LogP contribution is -2.37. The molecule has 394 valence electrons. The van der Waals surface area contributed by atoms with E-state index in [9.17, 15) is 19.0 Å². The zero-order valence-electron chi connectivity index (χ0n) is 44.5. The van der Waals surface area contributed by atoms with Crippen LogP contribution >= 0.6 is 7.82 Å². The molecule has 0 aromatic heterocycles. The molecule has 0 rings (SSSR count). The number of quaternary nitrogens is 1. The van der Waals surface area contributed by atoms with Crippen molar-refractivity contribution in [3.05, 3.63) is 72.9 Å². The Morgan fingerprint density at radius 1 is 0.471 bits per heavy atom. The molecule has 10 heteroatoms. The van der Waals surface area contributed by atoms with Crippen molar-refractivity contribution in [1.29, 1.82) is 0 Å². The van der Waals surface area contributed by atoms with Gasteiger partial charge in [-0.3, -0.25) is 14.2 Å². The highest BCUT2D eigenvalue weighted by Crippen LogP contribution is 2.38. The largest absolute Gasteiger partial charge is 0.756 e. The quantitative estimate of drug-likeness (QED) is 0.0195. The van der Waals surface area contributed by atoms with Crippen molar-refractivity contribution >= 4 is 19.8 Å². The summed E-state index contributed by atoms with van der Waals surface area (Å²) in [5.41, 5.74) is 0. The SMILES string of the molecule is CC/C=C\C/C=C\C/C=C\C/C=C\C/C=C\CCCCCC(=O)OC(COC(=O)CCCCCCCCCCCCCCC/C=C\CCCCCCCCCC)COP(=O)([O-])OCC[N+](C)(C)C. The fourth-order valence-electron chi connectivity index (χ4n) is 7.44. The molecule has 0 bridgehead atoms. The second-order valence-corrected chi connectivity index (χ2v) is 21.0. The average molecular weight is 974 g/mol. The molecule has 0 aliphatic rings. The van der Waals surface area contributed by atoms with E-state index in [0.717, 1.165) is 70.6 Å². The number of phosphoric ester groups is 1. The number of hydrogen-bond donors (Lipinski definition) is 0. The van der Waals surface area contributed by atoms with Crippen LogP contribution in [0.2, 0.25) is 0 Å². The number of esters is 2. The van der Waals surface area contributed by atoms with Crippen molar-refractivity contribution in [2.75, 3.05) is 47.5 Å². The summed E-state index contributed by atoms with van der Waals surface area (Å²) in [5.74, 6) is -0.870. The predicted octanol–water partition coefficient (Wildman–Crippen LogP) is 16.3. The van der Waals surface area contributed by atoms with Gasteiger partial charge in [0.2, 0.25) is 0 Å². The van der Waals surface area contributed by atoms with Crippen LogP contribution in [-0.4, -0.2) is 70.0 Å². The van der Waals surface area contributed by atoms with Crippen LogP contribution in [-0.2, 0) is 32.7 Å². The zero-order valence-corrected chi connectivity index (χ0v) is 45.4. The van der Waals surface area contributed by atoms with Gasteiger partial charge in [0.05, 0.1) is 27.7 Å². The second-order valence-electron chi connectivity index (χ2n) is 19.6. The van der Waals surface area contributed by atoms with Gasteiger partial charge in [-0.2, -0.15) is 0 Å².